The van der Waals surface area contributed by atoms with Crippen LogP contribution in [0.4, 0.5) is 0 Å². The fraction of sp³-hybridized carbons (Fsp3) is 0.158. The first kappa shape index (κ1) is 16.0. The van der Waals surface area contributed by atoms with Gasteiger partial charge in [-0.1, -0.05) is 48.5 Å². The monoisotopic (exact) mass is 346 g/mol. The van der Waals surface area contributed by atoms with Crippen molar-refractivity contribution >= 4 is 16.8 Å². The molecule has 0 aliphatic carbocycles. The maximum absolute atomic E-state index is 12.8. The third kappa shape index (κ3) is 3.19. The lowest BCUT2D eigenvalue weighted by atomic mass is 10.1. The van der Waals surface area contributed by atoms with E-state index in [-0.39, 0.29) is 5.91 Å². The van der Waals surface area contributed by atoms with E-state index < -0.39 is 6.04 Å². The molecule has 1 amide bonds. The molecule has 0 bridgehead atoms. The van der Waals surface area contributed by atoms with Gasteiger partial charge in [-0.25, -0.2) is 4.68 Å². The van der Waals surface area contributed by atoms with Crippen LogP contribution in [0.15, 0.2) is 73.2 Å². The molecule has 1 atom stereocenters. The van der Waals surface area contributed by atoms with Gasteiger partial charge in [0, 0.05) is 24.8 Å². The molecule has 4 rings (SSSR count). The first-order chi connectivity index (χ1) is 12.8. The van der Waals surface area contributed by atoms with Gasteiger partial charge in [0.25, 0.3) is 0 Å². The zero-order valence-electron chi connectivity index (χ0n) is 14.1. The molecule has 4 aromatic rings. The zero-order valence-corrected chi connectivity index (χ0v) is 14.1. The summed E-state index contributed by atoms with van der Waals surface area (Å²) in [5.74, 6) is -0.139. The van der Waals surface area contributed by atoms with Crippen molar-refractivity contribution in [2.24, 2.45) is 0 Å². The number of aromatic nitrogens is 5. The van der Waals surface area contributed by atoms with Gasteiger partial charge < -0.3 is 9.88 Å². The van der Waals surface area contributed by atoms with Gasteiger partial charge in [-0.2, -0.15) is 0 Å². The minimum Gasteiger partial charge on any atom is -0.352 e. The summed E-state index contributed by atoms with van der Waals surface area (Å²) in [4.78, 5) is 12.8. The van der Waals surface area contributed by atoms with Gasteiger partial charge in [-0.3, -0.25) is 4.79 Å². The van der Waals surface area contributed by atoms with E-state index in [1.54, 1.807) is 0 Å². The smallest absolute Gasteiger partial charge is 0.249 e. The number of hydrogen-bond donors (Lipinski definition) is 1. The number of carbonyl (C=O) groups is 1. The Bertz CT molecular complexity index is 993. The highest BCUT2D eigenvalue weighted by Crippen LogP contribution is 2.17. The molecule has 7 nitrogen and oxygen atoms in total. The minimum absolute atomic E-state index is 0.139. The number of tetrazole rings is 1. The Morgan fingerprint density at radius 3 is 2.65 bits per heavy atom. The largest absolute Gasteiger partial charge is 0.352 e. The van der Waals surface area contributed by atoms with E-state index in [4.69, 9.17) is 0 Å². The number of benzene rings is 2. The number of fused-ring (bicyclic) bond motifs is 1. The van der Waals surface area contributed by atoms with E-state index in [0.717, 1.165) is 11.1 Å². The summed E-state index contributed by atoms with van der Waals surface area (Å²) in [6.07, 6.45) is 3.49. The Hall–Kier alpha value is -3.48. The van der Waals surface area contributed by atoms with Crippen LogP contribution in [0, 0.1) is 0 Å². The van der Waals surface area contributed by atoms with Crippen molar-refractivity contribution in [2.75, 3.05) is 6.54 Å². The second-order valence-electron chi connectivity index (χ2n) is 5.96. The van der Waals surface area contributed by atoms with Crippen molar-refractivity contribution in [2.45, 2.75) is 12.6 Å². The molecular formula is C19H18N6O. The van der Waals surface area contributed by atoms with Gasteiger partial charge in [0.1, 0.15) is 6.33 Å². The number of amides is 1. The number of nitrogens with zero attached hydrogens (tertiary/aromatic N) is 5. The molecule has 0 radical (unpaired) electrons. The average molecular weight is 346 g/mol. The zero-order chi connectivity index (χ0) is 17.8. The molecule has 0 saturated carbocycles. The van der Waals surface area contributed by atoms with Gasteiger partial charge in [-0.05, 0) is 33.5 Å². The lowest BCUT2D eigenvalue weighted by Crippen LogP contribution is -2.35. The molecule has 130 valence electrons. The third-order valence-electron chi connectivity index (χ3n) is 4.33. The summed E-state index contributed by atoms with van der Waals surface area (Å²) < 4.78 is 3.60. The average Bonchev–Trinajstić information content (AvgIpc) is 3.34. The molecule has 0 unspecified atom stereocenters. The van der Waals surface area contributed by atoms with Gasteiger partial charge in [-0.15, -0.1) is 5.10 Å². The van der Waals surface area contributed by atoms with Crippen molar-refractivity contribution in [1.29, 1.82) is 0 Å². The van der Waals surface area contributed by atoms with Crippen molar-refractivity contribution in [1.82, 2.24) is 30.1 Å². The summed E-state index contributed by atoms with van der Waals surface area (Å²) in [7, 11) is 0. The number of hydrogen-bond acceptors (Lipinski definition) is 4. The molecule has 2 aromatic carbocycles. The molecule has 1 N–H and O–H groups in total. The molecule has 26 heavy (non-hydrogen) atoms. The highest BCUT2D eigenvalue weighted by atomic mass is 16.2. The Morgan fingerprint density at radius 1 is 1.04 bits per heavy atom. The lowest BCUT2D eigenvalue weighted by Gasteiger charge is -2.17. The van der Waals surface area contributed by atoms with E-state index in [1.807, 2.05) is 48.7 Å². The van der Waals surface area contributed by atoms with E-state index in [2.05, 4.69) is 43.6 Å². The quantitative estimate of drug-likeness (QED) is 0.579. The number of para-hydroxylation sites is 1. The summed E-state index contributed by atoms with van der Waals surface area (Å²) in [6, 6.07) is 19.2. The van der Waals surface area contributed by atoms with E-state index in [0.29, 0.717) is 13.1 Å². The Labute approximate surface area is 150 Å². The van der Waals surface area contributed by atoms with Crippen LogP contribution < -0.4 is 5.32 Å². The van der Waals surface area contributed by atoms with Gasteiger partial charge >= 0.3 is 0 Å². The predicted octanol–water partition coefficient (Wildman–Crippen LogP) is 2.03. The second-order valence-corrected chi connectivity index (χ2v) is 5.96. The van der Waals surface area contributed by atoms with Crippen LogP contribution in [0.1, 0.15) is 11.6 Å². The van der Waals surface area contributed by atoms with Crippen LogP contribution in [0.3, 0.4) is 0 Å². The van der Waals surface area contributed by atoms with Crippen LogP contribution in [0.2, 0.25) is 0 Å². The highest BCUT2D eigenvalue weighted by Gasteiger charge is 2.23. The van der Waals surface area contributed by atoms with Crippen LogP contribution >= 0.6 is 0 Å². The van der Waals surface area contributed by atoms with E-state index >= 15 is 0 Å². The van der Waals surface area contributed by atoms with E-state index in [1.165, 1.54) is 16.4 Å². The second kappa shape index (κ2) is 7.18. The molecule has 2 aromatic heterocycles. The van der Waals surface area contributed by atoms with Gasteiger partial charge in [0.2, 0.25) is 5.91 Å². The molecule has 0 spiro atoms. The first-order valence-corrected chi connectivity index (χ1v) is 8.42. The number of carbonyl (C=O) groups excluding carboxylic acids is 1. The van der Waals surface area contributed by atoms with Crippen LogP contribution in [0.25, 0.3) is 10.9 Å². The van der Waals surface area contributed by atoms with Crippen molar-refractivity contribution in [3.8, 4) is 0 Å². The van der Waals surface area contributed by atoms with Gasteiger partial charge in [0.05, 0.1) is 0 Å². The molecular weight excluding hydrogens is 328 g/mol. The van der Waals surface area contributed by atoms with E-state index in [9.17, 15) is 4.79 Å². The summed E-state index contributed by atoms with van der Waals surface area (Å²) in [5.41, 5.74) is 1.99. The lowest BCUT2D eigenvalue weighted by molar-refractivity contribution is -0.123. The number of rotatable bonds is 6. The standard InChI is InChI=1S/C19H18N6O/c26-19(18(25-14-21-22-23-25)16-7-2-1-3-8-16)20-11-13-24-12-10-15-6-4-5-9-17(15)24/h1-10,12,14,18H,11,13H2,(H,20,26)/t18-/m1/s1. The molecule has 0 aliphatic rings. The first-order valence-electron chi connectivity index (χ1n) is 8.42. The maximum atomic E-state index is 12.8. The molecule has 0 fully saturated rings. The number of nitrogens with one attached hydrogen (secondary N) is 1. The summed E-state index contributed by atoms with van der Waals surface area (Å²) in [6.45, 7) is 1.21. The van der Waals surface area contributed by atoms with Gasteiger partial charge in [0.15, 0.2) is 6.04 Å². The topological polar surface area (TPSA) is 77.6 Å². The van der Waals surface area contributed by atoms with Crippen LogP contribution in [-0.4, -0.2) is 37.2 Å². The Kier molecular flexibility index (Phi) is 4.42. The Balaban J connectivity index is 1.47. The molecule has 7 heteroatoms. The summed E-state index contributed by atoms with van der Waals surface area (Å²) in [5, 5.41) is 15.4. The minimum atomic E-state index is -0.590. The van der Waals surface area contributed by atoms with Crippen LogP contribution in [-0.2, 0) is 11.3 Å². The van der Waals surface area contributed by atoms with Crippen molar-refractivity contribution < 1.29 is 4.79 Å². The fourth-order valence-electron chi connectivity index (χ4n) is 3.08. The fourth-order valence-corrected chi connectivity index (χ4v) is 3.08. The predicted molar refractivity (Wildman–Crippen MR) is 97.3 cm³/mol. The van der Waals surface area contributed by atoms with Crippen molar-refractivity contribution in [3.63, 3.8) is 0 Å². The molecule has 2 heterocycles. The molecule has 0 aliphatic heterocycles. The van der Waals surface area contributed by atoms with Crippen molar-refractivity contribution in [3.05, 3.63) is 78.8 Å². The summed E-state index contributed by atoms with van der Waals surface area (Å²) >= 11 is 0. The molecule has 0 saturated heterocycles. The normalized spacial score (nSPS) is 12.2. The highest BCUT2D eigenvalue weighted by molar-refractivity contribution is 5.83. The van der Waals surface area contributed by atoms with Crippen LogP contribution in [0.5, 0.6) is 0 Å². The Morgan fingerprint density at radius 2 is 1.85 bits per heavy atom. The maximum Gasteiger partial charge on any atom is 0.249 e. The SMILES string of the molecule is O=C(NCCn1ccc2ccccc21)[C@@H](c1ccccc1)n1cnnn1. The third-order valence-corrected chi connectivity index (χ3v) is 4.33.